The van der Waals surface area contributed by atoms with Gasteiger partial charge in [0.05, 0.1) is 7.11 Å². The zero-order chi connectivity index (χ0) is 13.9. The number of hydrogen-bond donors (Lipinski definition) is 1. The predicted octanol–water partition coefficient (Wildman–Crippen LogP) is 2.95. The third kappa shape index (κ3) is 2.97. The van der Waals surface area contributed by atoms with Gasteiger partial charge in [-0.15, -0.1) is 0 Å². The summed E-state index contributed by atoms with van der Waals surface area (Å²) in [7, 11) is 5.66. The molecule has 1 atom stereocenters. The van der Waals surface area contributed by atoms with Crippen LogP contribution in [0.25, 0.3) is 0 Å². The van der Waals surface area contributed by atoms with Gasteiger partial charge in [-0.05, 0) is 51.6 Å². The second-order valence-electron chi connectivity index (χ2n) is 4.74. The minimum Gasteiger partial charge on any atom is -0.496 e. The van der Waals surface area contributed by atoms with E-state index in [1.165, 1.54) is 0 Å². The Hall–Kier alpha value is -0.770. The van der Waals surface area contributed by atoms with Crippen molar-refractivity contribution in [3.05, 3.63) is 27.8 Å². The van der Waals surface area contributed by atoms with Crippen molar-refractivity contribution < 1.29 is 9.84 Å². The number of aliphatic hydroxyl groups is 1. The fourth-order valence-corrected chi connectivity index (χ4v) is 2.60. The van der Waals surface area contributed by atoms with E-state index >= 15 is 0 Å². The summed E-state index contributed by atoms with van der Waals surface area (Å²) in [5.74, 6) is 0.865. The Labute approximate surface area is 114 Å². The van der Waals surface area contributed by atoms with Gasteiger partial charge in [0.1, 0.15) is 5.75 Å². The zero-order valence-electron chi connectivity index (χ0n) is 11.7. The molecule has 102 valence electrons. The smallest absolute Gasteiger partial charge is 0.126 e. The Morgan fingerprint density at radius 1 is 1.39 bits per heavy atom. The van der Waals surface area contributed by atoms with Crippen LogP contribution in [0.3, 0.4) is 0 Å². The van der Waals surface area contributed by atoms with Crippen LogP contribution in [0, 0.1) is 13.8 Å². The van der Waals surface area contributed by atoms with Crippen molar-refractivity contribution in [2.75, 3.05) is 27.8 Å². The lowest BCUT2D eigenvalue weighted by atomic mass is 9.94. The number of aryl methyl sites for hydroxylation is 1. The van der Waals surface area contributed by atoms with E-state index in [9.17, 15) is 5.11 Å². The molecule has 0 radical (unpaired) electrons. The van der Waals surface area contributed by atoms with E-state index in [0.717, 1.165) is 27.5 Å². The highest BCUT2D eigenvalue weighted by molar-refractivity contribution is 6.31. The molecule has 1 N–H and O–H groups in total. The normalized spacial score (nSPS) is 12.9. The average Bonchev–Trinajstić information content (AvgIpc) is 2.30. The molecule has 1 unspecified atom stereocenters. The Morgan fingerprint density at radius 2 is 2.00 bits per heavy atom. The van der Waals surface area contributed by atoms with E-state index in [1.807, 2.05) is 34.0 Å². The first-order valence-electron chi connectivity index (χ1n) is 6.04. The average molecular weight is 272 g/mol. The van der Waals surface area contributed by atoms with E-state index in [2.05, 4.69) is 4.90 Å². The molecule has 0 aliphatic carbocycles. The summed E-state index contributed by atoms with van der Waals surface area (Å²) in [6.45, 7) is 4.11. The van der Waals surface area contributed by atoms with Crippen molar-refractivity contribution in [3.8, 4) is 5.75 Å². The first-order chi connectivity index (χ1) is 8.43. The van der Waals surface area contributed by atoms with E-state index < -0.39 is 0 Å². The van der Waals surface area contributed by atoms with E-state index in [4.69, 9.17) is 16.3 Å². The summed E-state index contributed by atoms with van der Waals surface area (Å²) in [5.41, 5.74) is 3.11. The summed E-state index contributed by atoms with van der Waals surface area (Å²) in [5, 5.41) is 9.98. The van der Waals surface area contributed by atoms with Crippen LogP contribution in [0.2, 0.25) is 5.02 Å². The van der Waals surface area contributed by atoms with Crippen LogP contribution in [-0.4, -0.2) is 37.8 Å². The Kier molecular flexibility index (Phi) is 5.45. The largest absolute Gasteiger partial charge is 0.496 e. The third-order valence-corrected chi connectivity index (χ3v) is 3.66. The summed E-state index contributed by atoms with van der Waals surface area (Å²) in [4.78, 5) is 2.08. The van der Waals surface area contributed by atoms with Crippen molar-refractivity contribution in [1.29, 1.82) is 0 Å². The SMILES string of the molecule is COc1c(C)cc(Cl)c(C)c1C(CCO)N(C)C. The topological polar surface area (TPSA) is 32.7 Å². The maximum absolute atomic E-state index is 9.24. The molecule has 3 nitrogen and oxygen atoms in total. The maximum Gasteiger partial charge on any atom is 0.126 e. The Balaban J connectivity index is 3.43. The number of methoxy groups -OCH3 is 1. The molecule has 18 heavy (non-hydrogen) atoms. The molecule has 1 rings (SSSR count). The number of aliphatic hydroxyl groups excluding tert-OH is 1. The number of hydrogen-bond acceptors (Lipinski definition) is 3. The van der Waals surface area contributed by atoms with Crippen LogP contribution in [-0.2, 0) is 0 Å². The number of halogens is 1. The van der Waals surface area contributed by atoms with E-state index in [0.29, 0.717) is 6.42 Å². The predicted molar refractivity (Wildman–Crippen MR) is 75.6 cm³/mol. The molecule has 0 saturated carbocycles. The zero-order valence-corrected chi connectivity index (χ0v) is 12.5. The lowest BCUT2D eigenvalue weighted by molar-refractivity contribution is 0.207. The quantitative estimate of drug-likeness (QED) is 0.894. The standard InChI is InChI=1S/C14H22ClNO2/c1-9-8-11(15)10(2)13(14(9)18-5)12(6-7-17)16(3)4/h8,12,17H,6-7H2,1-5H3. The number of benzene rings is 1. The van der Waals surface area contributed by atoms with Crippen molar-refractivity contribution in [1.82, 2.24) is 4.90 Å². The molecule has 1 aromatic carbocycles. The molecule has 0 saturated heterocycles. The van der Waals surface area contributed by atoms with Crippen LogP contribution >= 0.6 is 11.6 Å². The van der Waals surface area contributed by atoms with Crippen molar-refractivity contribution >= 4 is 11.6 Å². The first-order valence-corrected chi connectivity index (χ1v) is 6.42. The van der Waals surface area contributed by atoms with Gasteiger partial charge < -0.3 is 14.7 Å². The van der Waals surface area contributed by atoms with Gasteiger partial charge in [-0.2, -0.15) is 0 Å². The van der Waals surface area contributed by atoms with Gasteiger partial charge in [0, 0.05) is 23.2 Å². The highest BCUT2D eigenvalue weighted by Crippen LogP contribution is 2.39. The second kappa shape index (κ2) is 6.41. The molecule has 0 fully saturated rings. The van der Waals surface area contributed by atoms with Gasteiger partial charge in [0.15, 0.2) is 0 Å². The van der Waals surface area contributed by atoms with Crippen molar-refractivity contribution in [2.45, 2.75) is 26.3 Å². The maximum atomic E-state index is 9.24. The molecule has 0 aliphatic rings. The summed E-state index contributed by atoms with van der Waals surface area (Å²) < 4.78 is 5.52. The molecule has 0 heterocycles. The third-order valence-electron chi connectivity index (χ3n) is 3.27. The molecule has 4 heteroatoms. The van der Waals surface area contributed by atoms with Crippen molar-refractivity contribution in [2.24, 2.45) is 0 Å². The second-order valence-corrected chi connectivity index (χ2v) is 5.15. The fourth-order valence-electron chi connectivity index (χ4n) is 2.33. The van der Waals surface area contributed by atoms with Gasteiger partial charge in [0.2, 0.25) is 0 Å². The summed E-state index contributed by atoms with van der Waals surface area (Å²) in [6, 6.07) is 2.02. The number of nitrogens with zero attached hydrogens (tertiary/aromatic N) is 1. The van der Waals surface area contributed by atoms with Crippen molar-refractivity contribution in [3.63, 3.8) is 0 Å². The first kappa shape index (κ1) is 15.3. The highest BCUT2D eigenvalue weighted by Gasteiger charge is 2.23. The minimum absolute atomic E-state index is 0.0994. The molecular weight excluding hydrogens is 250 g/mol. The Bertz CT molecular complexity index is 419. The lowest BCUT2D eigenvalue weighted by Gasteiger charge is -2.28. The number of ether oxygens (including phenoxy) is 1. The van der Waals surface area contributed by atoms with Gasteiger partial charge >= 0.3 is 0 Å². The van der Waals surface area contributed by atoms with E-state index in [1.54, 1.807) is 7.11 Å². The van der Waals surface area contributed by atoms with Crippen LogP contribution in [0.15, 0.2) is 6.07 Å². The molecule has 0 bridgehead atoms. The molecule has 0 amide bonds. The van der Waals surface area contributed by atoms with E-state index in [-0.39, 0.29) is 12.6 Å². The van der Waals surface area contributed by atoms with Crippen LogP contribution in [0.5, 0.6) is 5.75 Å². The van der Waals surface area contributed by atoms with Gasteiger partial charge in [-0.3, -0.25) is 0 Å². The Morgan fingerprint density at radius 3 is 2.44 bits per heavy atom. The minimum atomic E-state index is 0.0994. The van der Waals surface area contributed by atoms with Crippen LogP contribution in [0.4, 0.5) is 0 Å². The number of rotatable bonds is 5. The molecule has 0 aliphatic heterocycles. The van der Waals surface area contributed by atoms with Gasteiger partial charge in [0.25, 0.3) is 0 Å². The fraction of sp³-hybridized carbons (Fsp3) is 0.571. The molecule has 1 aromatic rings. The van der Waals surface area contributed by atoms with Crippen LogP contribution < -0.4 is 4.74 Å². The molecule has 0 spiro atoms. The molecule has 0 aromatic heterocycles. The van der Waals surface area contributed by atoms with Crippen LogP contribution in [0.1, 0.15) is 29.2 Å². The summed E-state index contributed by atoms with van der Waals surface area (Å²) in [6.07, 6.45) is 0.657. The monoisotopic (exact) mass is 271 g/mol. The lowest BCUT2D eigenvalue weighted by Crippen LogP contribution is -2.23. The van der Waals surface area contributed by atoms with Gasteiger partial charge in [-0.25, -0.2) is 0 Å². The highest BCUT2D eigenvalue weighted by atomic mass is 35.5. The molecular formula is C14H22ClNO2. The summed E-state index contributed by atoms with van der Waals surface area (Å²) >= 11 is 6.26. The van der Waals surface area contributed by atoms with Gasteiger partial charge in [-0.1, -0.05) is 11.6 Å².